The van der Waals surface area contributed by atoms with Gasteiger partial charge in [0.1, 0.15) is 5.94 Å². The summed E-state index contributed by atoms with van der Waals surface area (Å²) in [6.07, 6.45) is -0.664. The molecule has 0 aromatic rings. The van der Waals surface area contributed by atoms with Gasteiger partial charge in [0.25, 0.3) is 0 Å². The standard InChI is InChI=1S/C4H8O3S/c1-2-6-4(5)7-3-8/h8H,2-3H2,1H3. The van der Waals surface area contributed by atoms with Gasteiger partial charge >= 0.3 is 6.16 Å². The highest BCUT2D eigenvalue weighted by Gasteiger charge is 1.96. The van der Waals surface area contributed by atoms with E-state index in [4.69, 9.17) is 0 Å². The smallest absolute Gasteiger partial charge is 0.435 e. The van der Waals surface area contributed by atoms with Gasteiger partial charge in [0.2, 0.25) is 0 Å². The Bertz CT molecular complexity index is 65.7. The third-order valence-electron chi connectivity index (χ3n) is 0.445. The average Bonchev–Trinajstić information content (AvgIpc) is 1.68. The van der Waals surface area contributed by atoms with E-state index in [9.17, 15) is 4.79 Å². The fourth-order valence-electron chi connectivity index (χ4n) is 0.212. The lowest BCUT2D eigenvalue weighted by atomic mass is 10.9. The Balaban J connectivity index is 3.06. The van der Waals surface area contributed by atoms with E-state index in [0.717, 1.165) is 0 Å². The summed E-state index contributed by atoms with van der Waals surface area (Å²) < 4.78 is 8.66. The minimum absolute atomic E-state index is 0.0683. The highest BCUT2D eigenvalue weighted by atomic mass is 32.1. The second-order valence-electron chi connectivity index (χ2n) is 0.956. The van der Waals surface area contributed by atoms with Gasteiger partial charge in [-0.2, -0.15) is 0 Å². The predicted octanol–water partition coefficient (Wildman–Crippen LogP) is 1.05. The molecule has 8 heavy (non-hydrogen) atoms. The summed E-state index contributed by atoms with van der Waals surface area (Å²) >= 11 is 3.63. The predicted molar refractivity (Wildman–Crippen MR) is 32.0 cm³/mol. The molecule has 0 aliphatic carbocycles. The molecule has 0 aromatic carbocycles. The van der Waals surface area contributed by atoms with Crippen LogP contribution in [0.25, 0.3) is 0 Å². The molecular weight excluding hydrogens is 128 g/mol. The Hall–Kier alpha value is -0.380. The summed E-state index contributed by atoms with van der Waals surface area (Å²) in [6.45, 7) is 2.05. The van der Waals surface area contributed by atoms with Gasteiger partial charge in [-0.3, -0.25) is 0 Å². The zero-order valence-corrected chi connectivity index (χ0v) is 5.48. The van der Waals surface area contributed by atoms with E-state index >= 15 is 0 Å². The molecule has 0 bridgehead atoms. The summed E-state index contributed by atoms with van der Waals surface area (Å²) in [6, 6.07) is 0. The van der Waals surface area contributed by atoms with Crippen molar-refractivity contribution in [2.24, 2.45) is 0 Å². The molecule has 4 heteroatoms. The molecule has 0 rings (SSSR count). The molecule has 48 valence electrons. The highest BCUT2D eigenvalue weighted by Crippen LogP contribution is 1.84. The quantitative estimate of drug-likeness (QED) is 0.350. The molecule has 0 saturated carbocycles. The molecule has 0 aliphatic heterocycles. The second kappa shape index (κ2) is 4.77. The molecule has 0 radical (unpaired) electrons. The van der Waals surface area contributed by atoms with Crippen LogP contribution in [0.1, 0.15) is 6.92 Å². The van der Waals surface area contributed by atoms with Crippen molar-refractivity contribution in [3.8, 4) is 0 Å². The number of carbonyl (C=O) groups excluding carboxylic acids is 1. The van der Waals surface area contributed by atoms with Crippen molar-refractivity contribution in [3.63, 3.8) is 0 Å². The second-order valence-corrected chi connectivity index (χ2v) is 1.21. The summed E-state index contributed by atoms with van der Waals surface area (Å²) in [5.41, 5.74) is 0. The first kappa shape index (κ1) is 7.62. The van der Waals surface area contributed by atoms with Crippen LogP contribution in [-0.2, 0) is 9.47 Å². The van der Waals surface area contributed by atoms with Crippen molar-refractivity contribution in [1.29, 1.82) is 0 Å². The summed E-state index contributed by atoms with van der Waals surface area (Å²) in [7, 11) is 0. The largest absolute Gasteiger partial charge is 0.509 e. The van der Waals surface area contributed by atoms with Gasteiger partial charge in [-0.1, -0.05) is 0 Å². The fourth-order valence-corrected chi connectivity index (χ4v) is 0.318. The van der Waals surface area contributed by atoms with Gasteiger partial charge in [0.15, 0.2) is 0 Å². The minimum Gasteiger partial charge on any atom is -0.435 e. The zero-order chi connectivity index (χ0) is 6.41. The number of hydrogen-bond donors (Lipinski definition) is 1. The maximum absolute atomic E-state index is 10.1. The van der Waals surface area contributed by atoms with Gasteiger partial charge in [0.05, 0.1) is 6.61 Å². The van der Waals surface area contributed by atoms with Crippen molar-refractivity contribution in [2.45, 2.75) is 6.92 Å². The number of hydrogen-bond acceptors (Lipinski definition) is 4. The first-order valence-corrected chi connectivity index (χ1v) is 2.85. The van der Waals surface area contributed by atoms with E-state index in [1.165, 1.54) is 0 Å². The summed E-state index contributed by atoms with van der Waals surface area (Å²) in [5, 5.41) is 0. The minimum atomic E-state index is -0.664. The molecular formula is C4H8O3S. The molecule has 0 amide bonds. The van der Waals surface area contributed by atoms with Gasteiger partial charge < -0.3 is 9.47 Å². The van der Waals surface area contributed by atoms with Crippen LogP contribution in [0.4, 0.5) is 4.79 Å². The van der Waals surface area contributed by atoms with Crippen LogP contribution in [0.3, 0.4) is 0 Å². The third-order valence-corrected chi connectivity index (χ3v) is 0.574. The normalized spacial score (nSPS) is 8.25. The summed E-state index contributed by atoms with van der Waals surface area (Å²) in [4.78, 5) is 10.1. The van der Waals surface area contributed by atoms with Crippen LogP contribution in [0.5, 0.6) is 0 Å². The van der Waals surface area contributed by atoms with Crippen molar-refractivity contribution in [3.05, 3.63) is 0 Å². The Kier molecular flexibility index (Phi) is 4.54. The van der Waals surface area contributed by atoms with E-state index in [1.54, 1.807) is 6.92 Å². The number of carbonyl (C=O) groups is 1. The molecule has 0 fully saturated rings. The van der Waals surface area contributed by atoms with Crippen LogP contribution in [0.15, 0.2) is 0 Å². The van der Waals surface area contributed by atoms with Gasteiger partial charge in [-0.25, -0.2) is 4.79 Å². The Morgan fingerprint density at radius 3 is 2.62 bits per heavy atom. The molecule has 0 aliphatic rings. The lowest BCUT2D eigenvalue weighted by molar-refractivity contribution is 0.0732. The van der Waals surface area contributed by atoms with E-state index in [0.29, 0.717) is 6.61 Å². The molecule has 0 N–H and O–H groups in total. The van der Waals surface area contributed by atoms with Crippen LogP contribution >= 0.6 is 12.6 Å². The van der Waals surface area contributed by atoms with Crippen molar-refractivity contribution < 1.29 is 14.3 Å². The Labute approximate surface area is 53.4 Å². The van der Waals surface area contributed by atoms with Gasteiger partial charge in [-0.15, -0.1) is 12.6 Å². The Morgan fingerprint density at radius 1 is 1.62 bits per heavy atom. The fraction of sp³-hybridized carbons (Fsp3) is 0.750. The van der Waals surface area contributed by atoms with Crippen molar-refractivity contribution in [1.82, 2.24) is 0 Å². The zero-order valence-electron chi connectivity index (χ0n) is 4.59. The maximum atomic E-state index is 10.1. The molecule has 0 atom stereocenters. The van der Waals surface area contributed by atoms with Crippen molar-refractivity contribution >= 4 is 18.8 Å². The molecule has 0 aromatic heterocycles. The first-order chi connectivity index (χ1) is 3.81. The van der Waals surface area contributed by atoms with Gasteiger partial charge in [0, 0.05) is 0 Å². The number of rotatable bonds is 2. The van der Waals surface area contributed by atoms with Crippen molar-refractivity contribution in [2.75, 3.05) is 12.5 Å². The molecule has 0 saturated heterocycles. The lowest BCUT2D eigenvalue weighted by Gasteiger charge is -1.98. The van der Waals surface area contributed by atoms with Crippen LogP contribution in [0, 0.1) is 0 Å². The van der Waals surface area contributed by atoms with E-state index in [-0.39, 0.29) is 5.94 Å². The first-order valence-electron chi connectivity index (χ1n) is 2.21. The van der Waals surface area contributed by atoms with Crippen LogP contribution < -0.4 is 0 Å². The lowest BCUT2D eigenvalue weighted by Crippen LogP contribution is -2.04. The SMILES string of the molecule is CCOC(=O)OCS. The summed E-state index contributed by atoms with van der Waals surface area (Å²) in [5.74, 6) is 0.0683. The number of thiol groups is 1. The highest BCUT2D eigenvalue weighted by molar-refractivity contribution is 7.80. The van der Waals surface area contributed by atoms with E-state index in [2.05, 4.69) is 22.1 Å². The Morgan fingerprint density at radius 2 is 2.25 bits per heavy atom. The maximum Gasteiger partial charge on any atom is 0.509 e. The average molecular weight is 136 g/mol. The third kappa shape index (κ3) is 3.80. The van der Waals surface area contributed by atoms with Crippen LogP contribution in [0.2, 0.25) is 0 Å². The van der Waals surface area contributed by atoms with E-state index in [1.807, 2.05) is 0 Å². The molecule has 0 unspecified atom stereocenters. The number of ether oxygens (including phenoxy) is 2. The van der Waals surface area contributed by atoms with E-state index < -0.39 is 6.16 Å². The van der Waals surface area contributed by atoms with Gasteiger partial charge in [-0.05, 0) is 6.92 Å². The molecule has 0 spiro atoms. The van der Waals surface area contributed by atoms with Crippen LogP contribution in [-0.4, -0.2) is 18.7 Å². The molecule has 3 nitrogen and oxygen atoms in total. The molecule has 0 heterocycles. The topological polar surface area (TPSA) is 35.5 Å². The monoisotopic (exact) mass is 136 g/mol.